The highest BCUT2D eigenvalue weighted by Gasteiger charge is 1.89. The van der Waals surface area contributed by atoms with Gasteiger partial charge in [0.05, 0.1) is 0 Å². The first-order chi connectivity index (χ1) is 4.76. The molecule has 0 heteroatoms. The molecule has 0 amide bonds. The lowest BCUT2D eigenvalue weighted by Crippen LogP contribution is -1.77. The van der Waals surface area contributed by atoms with Crippen molar-refractivity contribution >= 4 is 0 Å². The molecule has 0 bridgehead atoms. The van der Waals surface area contributed by atoms with Gasteiger partial charge in [0.1, 0.15) is 0 Å². The molecule has 0 heterocycles. The summed E-state index contributed by atoms with van der Waals surface area (Å²) in [6.45, 7) is 11.4. The van der Waals surface area contributed by atoms with Gasteiger partial charge in [-0.3, -0.25) is 0 Å². The van der Waals surface area contributed by atoms with Gasteiger partial charge < -0.3 is 0 Å². The van der Waals surface area contributed by atoms with Crippen molar-refractivity contribution in [2.45, 2.75) is 13.8 Å². The second-order valence-corrected chi connectivity index (χ2v) is 1.97. The van der Waals surface area contributed by atoms with Gasteiger partial charge in [0.2, 0.25) is 0 Å². The highest BCUT2D eigenvalue weighted by Crippen LogP contribution is 2.09. The summed E-state index contributed by atoms with van der Waals surface area (Å²) in [6, 6.07) is 0. The molecule has 0 aliphatic heterocycles. The lowest BCUT2D eigenvalue weighted by molar-refractivity contribution is 1.51. The van der Waals surface area contributed by atoms with E-state index in [0.717, 1.165) is 11.1 Å². The van der Waals surface area contributed by atoms with Crippen LogP contribution < -0.4 is 0 Å². The van der Waals surface area contributed by atoms with Crippen LogP contribution in [0.4, 0.5) is 0 Å². The summed E-state index contributed by atoms with van der Waals surface area (Å²) in [6.07, 6.45) is 7.79. The summed E-state index contributed by atoms with van der Waals surface area (Å²) in [7, 11) is 0. The van der Waals surface area contributed by atoms with E-state index in [9.17, 15) is 0 Å². The predicted octanol–water partition coefficient (Wildman–Crippen LogP) is 3.25. The minimum atomic E-state index is 0.973. The van der Waals surface area contributed by atoms with Crippen LogP contribution in [0.25, 0.3) is 0 Å². The van der Waals surface area contributed by atoms with Crippen LogP contribution in [0.5, 0.6) is 0 Å². The molecule has 0 aromatic heterocycles. The number of rotatable bonds is 3. The molecule has 0 saturated carbocycles. The summed E-state index contributed by atoms with van der Waals surface area (Å²) >= 11 is 0. The quantitative estimate of drug-likeness (QED) is 0.520. The fourth-order valence-electron chi connectivity index (χ4n) is 0.686. The first-order valence-corrected chi connectivity index (χ1v) is 3.37. The third kappa shape index (κ3) is 2.49. The maximum absolute atomic E-state index is 3.83. The Kier molecular flexibility index (Phi) is 4.30. The van der Waals surface area contributed by atoms with E-state index < -0.39 is 0 Å². The second kappa shape index (κ2) is 4.80. The van der Waals surface area contributed by atoms with Crippen molar-refractivity contribution in [3.8, 4) is 0 Å². The third-order valence-electron chi connectivity index (χ3n) is 1.27. The van der Waals surface area contributed by atoms with Gasteiger partial charge in [0.15, 0.2) is 0 Å². The molecule has 54 valence electrons. The summed E-state index contributed by atoms with van der Waals surface area (Å²) in [5, 5.41) is 0. The predicted molar refractivity (Wildman–Crippen MR) is 47.9 cm³/mol. The summed E-state index contributed by atoms with van der Waals surface area (Å²) in [5.74, 6) is 0. The van der Waals surface area contributed by atoms with Gasteiger partial charge in [-0.1, -0.05) is 37.5 Å². The van der Waals surface area contributed by atoms with Crippen LogP contribution in [0, 0.1) is 0 Å². The average molecular weight is 134 g/mol. The van der Waals surface area contributed by atoms with Gasteiger partial charge in [-0.25, -0.2) is 0 Å². The van der Waals surface area contributed by atoms with Crippen molar-refractivity contribution in [1.82, 2.24) is 0 Å². The molecule has 0 atom stereocenters. The van der Waals surface area contributed by atoms with Gasteiger partial charge in [-0.2, -0.15) is 0 Å². The minimum absolute atomic E-state index is 0.973. The van der Waals surface area contributed by atoms with Crippen LogP contribution in [0.3, 0.4) is 0 Å². The first-order valence-electron chi connectivity index (χ1n) is 3.37. The third-order valence-corrected chi connectivity index (χ3v) is 1.27. The van der Waals surface area contributed by atoms with Crippen molar-refractivity contribution < 1.29 is 0 Å². The van der Waals surface area contributed by atoms with Crippen LogP contribution in [-0.4, -0.2) is 0 Å². The van der Waals surface area contributed by atoms with Crippen LogP contribution in [0.2, 0.25) is 0 Å². The van der Waals surface area contributed by atoms with E-state index in [0.29, 0.717) is 0 Å². The fraction of sp³-hybridized carbons (Fsp3) is 0.200. The molecular weight excluding hydrogens is 120 g/mol. The maximum atomic E-state index is 3.83. The number of allylic oxidation sites excluding steroid dienone is 6. The molecule has 0 rings (SSSR count). The Bertz CT molecular complexity index is 180. The van der Waals surface area contributed by atoms with Gasteiger partial charge in [-0.05, 0) is 25.0 Å². The van der Waals surface area contributed by atoms with Crippen molar-refractivity contribution in [3.63, 3.8) is 0 Å². The molecule has 0 aromatic rings. The van der Waals surface area contributed by atoms with E-state index in [1.165, 1.54) is 0 Å². The molecular formula is C10H14. The standard InChI is InChI=1S/C10H14/c1-5-8-10(7-3)9(4)6-2/h5-8H,2,4H2,1,3H3/b8-5-,10-7+. The topological polar surface area (TPSA) is 0 Å². The van der Waals surface area contributed by atoms with Crippen LogP contribution >= 0.6 is 0 Å². The molecule has 10 heavy (non-hydrogen) atoms. The van der Waals surface area contributed by atoms with E-state index in [1.807, 2.05) is 32.1 Å². The Balaban J connectivity index is 4.37. The van der Waals surface area contributed by atoms with E-state index in [2.05, 4.69) is 13.2 Å². The first kappa shape index (κ1) is 8.96. The van der Waals surface area contributed by atoms with Crippen molar-refractivity contribution in [3.05, 3.63) is 48.6 Å². The zero-order valence-electron chi connectivity index (χ0n) is 6.72. The van der Waals surface area contributed by atoms with E-state index in [1.54, 1.807) is 6.08 Å². The highest BCUT2D eigenvalue weighted by molar-refractivity contribution is 5.43. The molecule has 0 spiro atoms. The fourth-order valence-corrected chi connectivity index (χ4v) is 0.686. The van der Waals surface area contributed by atoms with E-state index in [4.69, 9.17) is 0 Å². The monoisotopic (exact) mass is 134 g/mol. The molecule has 0 fully saturated rings. The molecule has 0 saturated heterocycles. The Labute approximate surface area is 63.3 Å². The summed E-state index contributed by atoms with van der Waals surface area (Å²) in [4.78, 5) is 0. The van der Waals surface area contributed by atoms with Crippen LogP contribution in [0.15, 0.2) is 48.6 Å². The SMILES string of the molecule is C=CC(=C)C(/C=C\C)=C/C. The number of hydrogen-bond donors (Lipinski definition) is 0. The van der Waals surface area contributed by atoms with Crippen LogP contribution in [-0.2, 0) is 0 Å². The largest absolute Gasteiger partial charge is 0.0985 e. The molecule has 0 unspecified atom stereocenters. The van der Waals surface area contributed by atoms with E-state index >= 15 is 0 Å². The maximum Gasteiger partial charge on any atom is -0.0236 e. The van der Waals surface area contributed by atoms with Crippen molar-refractivity contribution in [1.29, 1.82) is 0 Å². The number of hydrogen-bond acceptors (Lipinski definition) is 0. The smallest absolute Gasteiger partial charge is 0.0236 e. The molecule has 0 nitrogen and oxygen atoms in total. The molecule has 0 aromatic carbocycles. The van der Waals surface area contributed by atoms with E-state index in [-0.39, 0.29) is 0 Å². The Morgan fingerprint density at radius 3 is 2.20 bits per heavy atom. The highest BCUT2D eigenvalue weighted by atomic mass is 13.9. The van der Waals surface area contributed by atoms with Gasteiger partial charge in [0.25, 0.3) is 0 Å². The Hall–Kier alpha value is -1.04. The minimum Gasteiger partial charge on any atom is -0.0985 e. The van der Waals surface area contributed by atoms with Crippen molar-refractivity contribution in [2.75, 3.05) is 0 Å². The van der Waals surface area contributed by atoms with Crippen LogP contribution in [0.1, 0.15) is 13.8 Å². The molecule has 0 radical (unpaired) electrons. The second-order valence-electron chi connectivity index (χ2n) is 1.97. The average Bonchev–Trinajstić information content (AvgIpc) is 1.99. The molecule has 0 aliphatic carbocycles. The Morgan fingerprint density at radius 1 is 1.30 bits per heavy atom. The normalized spacial score (nSPS) is 12.0. The summed E-state index contributed by atoms with van der Waals surface area (Å²) in [5.41, 5.74) is 2.11. The molecule has 0 N–H and O–H groups in total. The van der Waals surface area contributed by atoms with Gasteiger partial charge in [0, 0.05) is 0 Å². The van der Waals surface area contributed by atoms with Crippen molar-refractivity contribution in [2.24, 2.45) is 0 Å². The lowest BCUT2D eigenvalue weighted by Gasteiger charge is -1.97. The summed E-state index contributed by atoms with van der Waals surface area (Å²) < 4.78 is 0. The Morgan fingerprint density at radius 2 is 1.90 bits per heavy atom. The zero-order chi connectivity index (χ0) is 7.98. The van der Waals surface area contributed by atoms with Gasteiger partial charge in [-0.15, -0.1) is 0 Å². The van der Waals surface area contributed by atoms with Gasteiger partial charge >= 0.3 is 0 Å². The molecule has 0 aliphatic rings. The lowest BCUT2D eigenvalue weighted by atomic mass is 10.1. The zero-order valence-corrected chi connectivity index (χ0v) is 6.72.